The van der Waals surface area contributed by atoms with Crippen LogP contribution in [0.2, 0.25) is 0 Å². The molecule has 0 radical (unpaired) electrons. The standard InChI is InChI=1S/C15H21N5O.2ClH/c1-10(16)6-7-17-15(21)13-4-5-14(18-9-13)20-12(3)8-11(2)19-20;;/h4-5,8-10H,6-7,16H2,1-3H3,(H,17,21);2*1H. The molecule has 6 nitrogen and oxygen atoms in total. The lowest BCUT2D eigenvalue weighted by Gasteiger charge is -2.08. The molecule has 128 valence electrons. The summed E-state index contributed by atoms with van der Waals surface area (Å²) >= 11 is 0. The first-order chi connectivity index (χ1) is 9.97. The molecule has 0 aliphatic carbocycles. The zero-order valence-electron chi connectivity index (χ0n) is 13.4. The van der Waals surface area contributed by atoms with Crippen LogP contribution in [0.15, 0.2) is 24.4 Å². The Balaban J connectivity index is 0.00000242. The Morgan fingerprint density at radius 3 is 2.52 bits per heavy atom. The van der Waals surface area contributed by atoms with Crippen LogP contribution >= 0.6 is 24.8 Å². The average molecular weight is 360 g/mol. The molecule has 2 rings (SSSR count). The molecule has 0 aliphatic heterocycles. The van der Waals surface area contributed by atoms with Crippen molar-refractivity contribution in [1.82, 2.24) is 20.1 Å². The van der Waals surface area contributed by atoms with Gasteiger partial charge < -0.3 is 11.1 Å². The maximum Gasteiger partial charge on any atom is 0.252 e. The minimum Gasteiger partial charge on any atom is -0.352 e. The smallest absolute Gasteiger partial charge is 0.252 e. The first kappa shape index (κ1) is 21.4. The predicted octanol–water partition coefficient (Wildman–Crippen LogP) is 2.19. The second-order valence-corrected chi connectivity index (χ2v) is 5.27. The molecule has 0 fully saturated rings. The minimum absolute atomic E-state index is 0. The number of aromatic nitrogens is 3. The number of hydrogen-bond donors (Lipinski definition) is 2. The fourth-order valence-electron chi connectivity index (χ4n) is 2.02. The largest absolute Gasteiger partial charge is 0.352 e. The number of amides is 1. The monoisotopic (exact) mass is 359 g/mol. The molecule has 2 aromatic heterocycles. The number of carbonyl (C=O) groups is 1. The number of nitrogens with two attached hydrogens (primary N) is 1. The summed E-state index contributed by atoms with van der Waals surface area (Å²) in [6, 6.07) is 5.60. The maximum absolute atomic E-state index is 11.9. The highest BCUT2D eigenvalue weighted by Crippen LogP contribution is 2.10. The van der Waals surface area contributed by atoms with Gasteiger partial charge in [0.2, 0.25) is 0 Å². The van der Waals surface area contributed by atoms with E-state index in [1.165, 1.54) is 0 Å². The molecule has 0 bridgehead atoms. The molecule has 8 heteroatoms. The number of nitrogens with zero attached hydrogens (tertiary/aromatic N) is 3. The molecule has 0 aliphatic rings. The molecular weight excluding hydrogens is 337 g/mol. The van der Waals surface area contributed by atoms with E-state index in [0.717, 1.165) is 17.8 Å². The summed E-state index contributed by atoms with van der Waals surface area (Å²) in [6.45, 7) is 6.38. The SMILES string of the molecule is Cc1cc(C)n(-c2ccc(C(=O)NCCC(C)N)cn2)n1.Cl.Cl. The third kappa shape index (κ3) is 5.82. The highest BCUT2D eigenvalue weighted by Gasteiger charge is 2.08. The van der Waals surface area contributed by atoms with Gasteiger partial charge in [-0.2, -0.15) is 5.10 Å². The third-order valence-corrected chi connectivity index (χ3v) is 3.12. The van der Waals surface area contributed by atoms with E-state index in [1.54, 1.807) is 23.0 Å². The van der Waals surface area contributed by atoms with E-state index in [0.29, 0.717) is 17.9 Å². The second-order valence-electron chi connectivity index (χ2n) is 5.27. The van der Waals surface area contributed by atoms with Gasteiger partial charge in [0.25, 0.3) is 5.91 Å². The first-order valence-electron chi connectivity index (χ1n) is 7.01. The normalized spacial score (nSPS) is 11.1. The summed E-state index contributed by atoms with van der Waals surface area (Å²) in [7, 11) is 0. The van der Waals surface area contributed by atoms with Crippen molar-refractivity contribution in [3.63, 3.8) is 0 Å². The van der Waals surface area contributed by atoms with Crippen molar-refractivity contribution in [1.29, 1.82) is 0 Å². The lowest BCUT2D eigenvalue weighted by molar-refractivity contribution is 0.0952. The summed E-state index contributed by atoms with van der Waals surface area (Å²) in [5.74, 6) is 0.566. The van der Waals surface area contributed by atoms with Gasteiger partial charge in [0.15, 0.2) is 5.82 Å². The van der Waals surface area contributed by atoms with Crippen LogP contribution in [0.3, 0.4) is 0 Å². The van der Waals surface area contributed by atoms with Gasteiger partial charge in [0.05, 0.1) is 11.3 Å². The van der Waals surface area contributed by atoms with Gasteiger partial charge in [0, 0.05) is 24.5 Å². The van der Waals surface area contributed by atoms with E-state index in [-0.39, 0.29) is 36.8 Å². The van der Waals surface area contributed by atoms with E-state index in [9.17, 15) is 4.79 Å². The summed E-state index contributed by atoms with van der Waals surface area (Å²) < 4.78 is 1.76. The van der Waals surface area contributed by atoms with Crippen molar-refractivity contribution in [3.05, 3.63) is 41.3 Å². The third-order valence-electron chi connectivity index (χ3n) is 3.12. The fourth-order valence-corrected chi connectivity index (χ4v) is 2.02. The van der Waals surface area contributed by atoms with Crippen molar-refractivity contribution in [2.75, 3.05) is 6.54 Å². The van der Waals surface area contributed by atoms with Crippen LogP contribution in [0.5, 0.6) is 0 Å². The van der Waals surface area contributed by atoms with Crippen molar-refractivity contribution in [2.45, 2.75) is 33.2 Å². The number of aryl methyl sites for hydroxylation is 2. The first-order valence-corrected chi connectivity index (χ1v) is 7.01. The molecular formula is C15H23Cl2N5O. The Bertz CT molecular complexity index is 625. The number of nitrogens with one attached hydrogen (secondary N) is 1. The van der Waals surface area contributed by atoms with Crippen LogP contribution in [0.25, 0.3) is 5.82 Å². The van der Waals surface area contributed by atoms with Crippen LogP contribution < -0.4 is 11.1 Å². The molecule has 0 spiro atoms. The molecule has 0 saturated carbocycles. The van der Waals surface area contributed by atoms with Gasteiger partial charge in [-0.15, -0.1) is 24.8 Å². The van der Waals surface area contributed by atoms with Crippen molar-refractivity contribution in [3.8, 4) is 5.82 Å². The van der Waals surface area contributed by atoms with E-state index >= 15 is 0 Å². The van der Waals surface area contributed by atoms with E-state index in [1.807, 2.05) is 26.8 Å². The Labute approximate surface area is 148 Å². The quantitative estimate of drug-likeness (QED) is 0.856. The molecule has 1 atom stereocenters. The molecule has 1 amide bonds. The van der Waals surface area contributed by atoms with Crippen LogP contribution in [-0.4, -0.2) is 33.3 Å². The molecule has 23 heavy (non-hydrogen) atoms. The molecule has 0 saturated heterocycles. The van der Waals surface area contributed by atoms with Gasteiger partial charge in [-0.05, 0) is 45.4 Å². The molecule has 1 unspecified atom stereocenters. The second kappa shape index (κ2) is 9.50. The highest BCUT2D eigenvalue weighted by atomic mass is 35.5. The minimum atomic E-state index is -0.136. The topological polar surface area (TPSA) is 85.8 Å². The summed E-state index contributed by atoms with van der Waals surface area (Å²) in [4.78, 5) is 16.2. The summed E-state index contributed by atoms with van der Waals surface area (Å²) in [6.07, 6.45) is 2.32. The number of carbonyl (C=O) groups excluding carboxylic acids is 1. The average Bonchev–Trinajstić information content (AvgIpc) is 2.77. The van der Waals surface area contributed by atoms with E-state index in [4.69, 9.17) is 5.73 Å². The zero-order chi connectivity index (χ0) is 15.4. The molecule has 3 N–H and O–H groups in total. The Morgan fingerprint density at radius 1 is 1.35 bits per heavy atom. The highest BCUT2D eigenvalue weighted by molar-refractivity contribution is 5.93. The van der Waals surface area contributed by atoms with Gasteiger partial charge in [-0.3, -0.25) is 4.79 Å². The van der Waals surface area contributed by atoms with Gasteiger partial charge in [0.1, 0.15) is 0 Å². The number of pyridine rings is 1. The number of halogens is 2. The maximum atomic E-state index is 11.9. The Hall–Kier alpha value is -1.63. The van der Waals surface area contributed by atoms with Crippen molar-refractivity contribution < 1.29 is 4.79 Å². The zero-order valence-corrected chi connectivity index (χ0v) is 15.1. The molecule has 2 aromatic rings. The van der Waals surface area contributed by atoms with E-state index in [2.05, 4.69) is 15.4 Å². The lowest BCUT2D eigenvalue weighted by atomic mass is 10.2. The Kier molecular flexibility index (Phi) is 8.82. The van der Waals surface area contributed by atoms with Gasteiger partial charge in [-0.1, -0.05) is 0 Å². The van der Waals surface area contributed by atoms with E-state index < -0.39 is 0 Å². The molecule has 2 heterocycles. The van der Waals surface area contributed by atoms with Crippen molar-refractivity contribution in [2.24, 2.45) is 5.73 Å². The molecule has 0 aromatic carbocycles. The van der Waals surface area contributed by atoms with Gasteiger partial charge in [-0.25, -0.2) is 9.67 Å². The van der Waals surface area contributed by atoms with Crippen LogP contribution in [0, 0.1) is 13.8 Å². The van der Waals surface area contributed by atoms with Gasteiger partial charge >= 0.3 is 0 Å². The van der Waals surface area contributed by atoms with Crippen LogP contribution in [0.4, 0.5) is 0 Å². The Morgan fingerprint density at radius 2 is 2.04 bits per heavy atom. The lowest BCUT2D eigenvalue weighted by Crippen LogP contribution is -2.29. The van der Waals surface area contributed by atoms with Crippen molar-refractivity contribution >= 4 is 30.7 Å². The van der Waals surface area contributed by atoms with Crippen LogP contribution in [-0.2, 0) is 0 Å². The number of hydrogen-bond acceptors (Lipinski definition) is 4. The fraction of sp³-hybridized carbons (Fsp3) is 0.400. The number of rotatable bonds is 5. The summed E-state index contributed by atoms with van der Waals surface area (Å²) in [5, 5.41) is 7.19. The summed E-state index contributed by atoms with van der Waals surface area (Å²) in [5.41, 5.74) is 8.12. The predicted molar refractivity (Wildman–Crippen MR) is 95.9 cm³/mol. The van der Waals surface area contributed by atoms with Crippen LogP contribution in [0.1, 0.15) is 35.1 Å².